The summed E-state index contributed by atoms with van der Waals surface area (Å²) in [5.74, 6) is -1.20. The molecule has 1 aromatic rings. The van der Waals surface area contributed by atoms with Crippen LogP contribution in [0.4, 0.5) is 0 Å². The Morgan fingerprint density at radius 3 is 3.00 bits per heavy atom. The molecule has 1 N–H and O–H groups in total. The first-order chi connectivity index (χ1) is 6.68. The van der Waals surface area contributed by atoms with E-state index in [4.69, 9.17) is 9.84 Å². The van der Waals surface area contributed by atoms with Gasteiger partial charge in [-0.05, 0) is 6.92 Å². The van der Waals surface area contributed by atoms with Gasteiger partial charge in [-0.3, -0.25) is 0 Å². The Morgan fingerprint density at radius 2 is 2.29 bits per heavy atom. The van der Waals surface area contributed by atoms with Crippen LogP contribution < -0.4 is 0 Å². The topological polar surface area (TPSA) is 72.3 Å². The molecule has 1 aromatic heterocycles. The Morgan fingerprint density at radius 1 is 1.50 bits per heavy atom. The Kier molecular flexibility index (Phi) is 2.17. The number of carbonyl (C=O) groups is 1. The maximum absolute atomic E-state index is 10.7. The van der Waals surface area contributed by atoms with Crippen LogP contribution in [0.5, 0.6) is 0 Å². The molecular weight excluding hydrogens is 184 g/mol. The average molecular weight is 194 g/mol. The quantitative estimate of drug-likeness (QED) is 0.707. The molecule has 1 aliphatic rings. The molecule has 0 radical (unpaired) electrons. The lowest BCUT2D eigenvalue weighted by molar-refractivity contribution is 0.0679. The highest BCUT2D eigenvalue weighted by atomic mass is 16.5. The minimum Gasteiger partial charge on any atom is -0.475 e. The van der Waals surface area contributed by atoms with Crippen molar-refractivity contribution in [3.05, 3.63) is 22.8 Å². The molecular formula is C9H10N2O3. The van der Waals surface area contributed by atoms with Crippen molar-refractivity contribution in [3.8, 4) is 0 Å². The van der Waals surface area contributed by atoms with Crippen molar-refractivity contribution in [1.82, 2.24) is 9.97 Å². The van der Waals surface area contributed by atoms with Gasteiger partial charge in [0.05, 0.1) is 18.9 Å². The van der Waals surface area contributed by atoms with Crippen LogP contribution in [0, 0.1) is 6.92 Å². The van der Waals surface area contributed by atoms with Crippen LogP contribution in [0.25, 0.3) is 0 Å². The summed E-state index contributed by atoms with van der Waals surface area (Å²) in [6.45, 7) is 2.87. The van der Waals surface area contributed by atoms with E-state index in [9.17, 15) is 4.79 Å². The molecule has 0 amide bonds. The zero-order valence-electron chi connectivity index (χ0n) is 7.78. The van der Waals surface area contributed by atoms with Crippen LogP contribution in [0.15, 0.2) is 0 Å². The maximum Gasteiger partial charge on any atom is 0.373 e. The number of carboxylic acids is 1. The van der Waals surface area contributed by atoms with Crippen molar-refractivity contribution in [2.45, 2.75) is 20.0 Å². The predicted molar refractivity (Wildman–Crippen MR) is 47.1 cm³/mol. The molecule has 0 atom stereocenters. The summed E-state index contributed by atoms with van der Waals surface area (Å²) in [6, 6.07) is 0. The Hall–Kier alpha value is -1.49. The number of hydrogen-bond donors (Lipinski definition) is 1. The lowest BCUT2D eigenvalue weighted by atomic mass is 10.1. The second-order valence-electron chi connectivity index (χ2n) is 3.17. The van der Waals surface area contributed by atoms with Gasteiger partial charge in [0.25, 0.3) is 0 Å². The van der Waals surface area contributed by atoms with Gasteiger partial charge in [0.2, 0.25) is 5.82 Å². The van der Waals surface area contributed by atoms with E-state index >= 15 is 0 Å². The fourth-order valence-corrected chi connectivity index (χ4v) is 1.49. The first-order valence-corrected chi connectivity index (χ1v) is 4.36. The van der Waals surface area contributed by atoms with Crippen LogP contribution in [0.2, 0.25) is 0 Å². The van der Waals surface area contributed by atoms with Crippen LogP contribution >= 0.6 is 0 Å². The minimum atomic E-state index is -1.08. The predicted octanol–water partition coefficient (Wildman–Crippen LogP) is 0.556. The lowest BCUT2D eigenvalue weighted by Crippen LogP contribution is -2.18. The summed E-state index contributed by atoms with van der Waals surface area (Å²) in [5.41, 5.74) is 2.44. The van der Waals surface area contributed by atoms with Crippen LogP contribution in [0.3, 0.4) is 0 Å². The van der Waals surface area contributed by atoms with E-state index < -0.39 is 5.97 Å². The summed E-state index contributed by atoms with van der Waals surface area (Å²) in [7, 11) is 0. The number of carboxylic acid groups (broad SMARTS) is 1. The van der Waals surface area contributed by atoms with Crippen LogP contribution in [-0.2, 0) is 17.8 Å². The fourth-order valence-electron chi connectivity index (χ4n) is 1.49. The van der Waals surface area contributed by atoms with Crippen molar-refractivity contribution < 1.29 is 14.6 Å². The molecule has 5 heteroatoms. The van der Waals surface area contributed by atoms with Crippen molar-refractivity contribution >= 4 is 5.97 Å². The molecule has 2 heterocycles. The molecule has 0 saturated carbocycles. The molecule has 0 aliphatic carbocycles. The van der Waals surface area contributed by atoms with Gasteiger partial charge in [0.1, 0.15) is 0 Å². The Bertz CT molecular complexity index is 390. The van der Waals surface area contributed by atoms with Gasteiger partial charge in [0, 0.05) is 17.7 Å². The van der Waals surface area contributed by atoms with E-state index in [2.05, 4.69) is 9.97 Å². The number of rotatable bonds is 1. The van der Waals surface area contributed by atoms with Crippen LogP contribution in [0.1, 0.15) is 27.6 Å². The third kappa shape index (κ3) is 1.46. The summed E-state index contributed by atoms with van der Waals surface area (Å²) in [6.07, 6.45) is 0.666. The molecule has 1 aliphatic heterocycles. The van der Waals surface area contributed by atoms with Crippen LogP contribution in [-0.4, -0.2) is 27.7 Å². The van der Waals surface area contributed by atoms with E-state index in [1.807, 2.05) is 0 Å². The second kappa shape index (κ2) is 3.34. The fraction of sp³-hybridized carbons (Fsp3) is 0.444. The first kappa shape index (κ1) is 9.08. The third-order valence-corrected chi connectivity index (χ3v) is 2.22. The molecule has 0 bridgehead atoms. The van der Waals surface area contributed by atoms with Gasteiger partial charge < -0.3 is 9.84 Å². The zero-order chi connectivity index (χ0) is 10.1. The molecule has 0 unspecified atom stereocenters. The summed E-state index contributed by atoms with van der Waals surface area (Å²) in [5, 5.41) is 8.75. The van der Waals surface area contributed by atoms with E-state index in [1.54, 1.807) is 6.92 Å². The molecule has 0 spiro atoms. The number of ether oxygens (including phenoxy) is 1. The van der Waals surface area contributed by atoms with E-state index in [-0.39, 0.29) is 5.82 Å². The lowest BCUT2D eigenvalue weighted by Gasteiger charge is -2.17. The molecule has 0 saturated heterocycles. The monoisotopic (exact) mass is 194 g/mol. The van der Waals surface area contributed by atoms with Gasteiger partial charge in [0.15, 0.2) is 0 Å². The smallest absolute Gasteiger partial charge is 0.373 e. The van der Waals surface area contributed by atoms with Crippen molar-refractivity contribution in [3.63, 3.8) is 0 Å². The standard InChI is InChI=1S/C9H10N2O3/c1-5-6-4-14-3-2-7(6)11-8(10-5)9(12)13/h2-4H2,1H3,(H,12,13). The van der Waals surface area contributed by atoms with Crippen molar-refractivity contribution in [2.24, 2.45) is 0 Å². The number of aryl methyl sites for hydroxylation is 1. The third-order valence-electron chi connectivity index (χ3n) is 2.22. The zero-order valence-corrected chi connectivity index (χ0v) is 7.78. The molecule has 5 nitrogen and oxygen atoms in total. The highest BCUT2D eigenvalue weighted by Gasteiger charge is 2.18. The molecule has 74 valence electrons. The largest absolute Gasteiger partial charge is 0.475 e. The normalized spacial score (nSPS) is 14.9. The summed E-state index contributed by atoms with van der Waals surface area (Å²) < 4.78 is 5.25. The molecule has 2 rings (SSSR count). The number of fused-ring (bicyclic) bond motifs is 1. The summed E-state index contributed by atoms with van der Waals surface area (Å²) >= 11 is 0. The second-order valence-corrected chi connectivity index (χ2v) is 3.17. The number of hydrogen-bond acceptors (Lipinski definition) is 4. The number of aromatic nitrogens is 2. The number of nitrogens with zero attached hydrogens (tertiary/aromatic N) is 2. The Balaban J connectivity index is 2.51. The highest BCUT2D eigenvalue weighted by molar-refractivity contribution is 5.83. The molecule has 0 aromatic carbocycles. The van der Waals surface area contributed by atoms with Gasteiger partial charge in [-0.1, -0.05) is 0 Å². The van der Waals surface area contributed by atoms with E-state index in [0.29, 0.717) is 25.3 Å². The van der Waals surface area contributed by atoms with Crippen molar-refractivity contribution in [2.75, 3.05) is 6.61 Å². The van der Waals surface area contributed by atoms with Gasteiger partial charge in [-0.15, -0.1) is 0 Å². The van der Waals surface area contributed by atoms with E-state index in [0.717, 1.165) is 11.3 Å². The SMILES string of the molecule is Cc1nc(C(=O)O)nc2c1COCC2. The van der Waals surface area contributed by atoms with Gasteiger partial charge >= 0.3 is 5.97 Å². The average Bonchev–Trinajstić information content (AvgIpc) is 2.17. The highest BCUT2D eigenvalue weighted by Crippen LogP contribution is 2.17. The minimum absolute atomic E-state index is 0.122. The van der Waals surface area contributed by atoms with Gasteiger partial charge in [-0.25, -0.2) is 14.8 Å². The summed E-state index contributed by atoms with van der Waals surface area (Å²) in [4.78, 5) is 18.6. The van der Waals surface area contributed by atoms with E-state index in [1.165, 1.54) is 0 Å². The number of aromatic carboxylic acids is 1. The molecule has 0 fully saturated rings. The molecule has 14 heavy (non-hydrogen) atoms. The first-order valence-electron chi connectivity index (χ1n) is 4.36. The van der Waals surface area contributed by atoms with Gasteiger partial charge in [-0.2, -0.15) is 0 Å². The van der Waals surface area contributed by atoms with Crippen molar-refractivity contribution in [1.29, 1.82) is 0 Å². The Labute approximate surface area is 80.8 Å². The maximum atomic E-state index is 10.7.